The monoisotopic (exact) mass is 474 g/mol. The fourth-order valence-corrected chi connectivity index (χ4v) is 5.36. The molecule has 5 heteroatoms. The lowest BCUT2D eigenvalue weighted by molar-refractivity contribution is -0.118. The molecular weight excluding hydrogens is 440 g/mol. The lowest BCUT2D eigenvalue weighted by Gasteiger charge is -2.21. The molecule has 2 fully saturated rings. The molecule has 0 aliphatic heterocycles. The number of allylic oxidation sites excluding steroid dienone is 1. The fraction of sp³-hybridized carbons (Fsp3) is 0.433. The van der Waals surface area contributed by atoms with Crippen molar-refractivity contribution in [3.63, 3.8) is 0 Å². The molecule has 0 radical (unpaired) electrons. The van der Waals surface area contributed by atoms with Crippen molar-refractivity contribution in [1.29, 1.82) is 0 Å². The van der Waals surface area contributed by atoms with Gasteiger partial charge in [-0.1, -0.05) is 61.4 Å². The molecule has 0 N–H and O–H groups in total. The Balaban J connectivity index is 1.18. The van der Waals surface area contributed by atoms with Crippen LogP contribution in [0.15, 0.2) is 72.8 Å². The summed E-state index contributed by atoms with van der Waals surface area (Å²) < 4.78 is 11.2. The predicted molar refractivity (Wildman–Crippen MR) is 134 cm³/mol. The highest BCUT2D eigenvalue weighted by Gasteiger charge is 2.48. The second-order valence-electron chi connectivity index (χ2n) is 9.63. The number of esters is 2. The van der Waals surface area contributed by atoms with Crippen molar-refractivity contribution >= 4 is 17.7 Å². The van der Waals surface area contributed by atoms with Crippen molar-refractivity contribution in [2.24, 2.45) is 17.8 Å². The van der Waals surface area contributed by atoms with Crippen LogP contribution in [0.1, 0.15) is 72.1 Å². The van der Waals surface area contributed by atoms with Gasteiger partial charge in [-0.05, 0) is 61.8 Å². The minimum Gasteiger partial charge on any atom is -0.462 e. The molecule has 184 valence electrons. The first-order valence-corrected chi connectivity index (χ1v) is 12.8. The van der Waals surface area contributed by atoms with Crippen LogP contribution in [0.3, 0.4) is 0 Å². The van der Waals surface area contributed by atoms with Crippen molar-refractivity contribution in [3.8, 4) is 0 Å². The van der Waals surface area contributed by atoms with Crippen molar-refractivity contribution < 1.29 is 23.9 Å². The van der Waals surface area contributed by atoms with Crippen LogP contribution in [-0.4, -0.2) is 30.4 Å². The van der Waals surface area contributed by atoms with Crippen molar-refractivity contribution in [3.05, 3.63) is 83.9 Å². The number of ether oxygens (including phenoxy) is 2. The maximum absolute atomic E-state index is 12.6. The van der Waals surface area contributed by atoms with Crippen LogP contribution in [0.4, 0.5) is 0 Å². The fourth-order valence-electron chi connectivity index (χ4n) is 5.36. The molecule has 0 bridgehead atoms. The van der Waals surface area contributed by atoms with Crippen LogP contribution < -0.4 is 0 Å². The van der Waals surface area contributed by atoms with E-state index in [0.717, 1.165) is 38.5 Å². The summed E-state index contributed by atoms with van der Waals surface area (Å²) in [5.74, 6) is 0.497. The van der Waals surface area contributed by atoms with E-state index in [9.17, 15) is 14.4 Å². The van der Waals surface area contributed by atoms with Gasteiger partial charge in [0, 0.05) is 18.8 Å². The zero-order chi connectivity index (χ0) is 24.5. The van der Waals surface area contributed by atoms with E-state index in [4.69, 9.17) is 9.47 Å². The molecule has 2 aliphatic carbocycles. The number of ketones is 1. The van der Waals surface area contributed by atoms with Crippen molar-refractivity contribution in [2.75, 3.05) is 6.61 Å². The van der Waals surface area contributed by atoms with Crippen molar-refractivity contribution in [1.82, 2.24) is 0 Å². The van der Waals surface area contributed by atoms with E-state index in [-0.39, 0.29) is 29.9 Å². The molecule has 2 aliphatic rings. The molecule has 0 amide bonds. The van der Waals surface area contributed by atoms with E-state index >= 15 is 0 Å². The van der Waals surface area contributed by atoms with Crippen LogP contribution >= 0.6 is 0 Å². The third kappa shape index (κ3) is 6.91. The first kappa shape index (κ1) is 24.9. The lowest BCUT2D eigenvalue weighted by atomic mass is 9.90. The van der Waals surface area contributed by atoms with E-state index in [0.29, 0.717) is 42.3 Å². The SMILES string of the molecule is O=C1C[C@H]2C[C@@H](OC(=O)c3ccccc3)[C@H](C=CCCCCCCOC(=O)c3ccccc3)[C@H]2C1. The molecule has 2 saturated carbocycles. The first-order chi connectivity index (χ1) is 17.1. The van der Waals surface area contributed by atoms with Gasteiger partial charge in [0.2, 0.25) is 0 Å². The molecule has 35 heavy (non-hydrogen) atoms. The third-order valence-corrected chi connectivity index (χ3v) is 7.15. The average Bonchev–Trinajstić information content (AvgIpc) is 3.39. The van der Waals surface area contributed by atoms with Crippen LogP contribution in [-0.2, 0) is 14.3 Å². The maximum atomic E-state index is 12.6. The highest BCUT2D eigenvalue weighted by Crippen LogP contribution is 2.48. The molecule has 0 saturated heterocycles. The predicted octanol–water partition coefficient (Wildman–Crippen LogP) is 6.19. The van der Waals surface area contributed by atoms with E-state index in [1.807, 2.05) is 36.4 Å². The highest BCUT2D eigenvalue weighted by atomic mass is 16.5. The van der Waals surface area contributed by atoms with Crippen LogP contribution in [0.5, 0.6) is 0 Å². The van der Waals surface area contributed by atoms with Crippen LogP contribution in [0, 0.1) is 17.8 Å². The van der Waals surface area contributed by atoms with Gasteiger partial charge in [-0.25, -0.2) is 9.59 Å². The first-order valence-electron chi connectivity index (χ1n) is 12.8. The number of fused-ring (bicyclic) bond motifs is 1. The van der Waals surface area contributed by atoms with Crippen molar-refractivity contribution in [2.45, 2.75) is 57.5 Å². The Morgan fingerprint density at radius 2 is 1.49 bits per heavy atom. The largest absolute Gasteiger partial charge is 0.462 e. The second-order valence-corrected chi connectivity index (χ2v) is 9.63. The molecule has 0 heterocycles. The molecule has 5 nitrogen and oxygen atoms in total. The summed E-state index contributed by atoms with van der Waals surface area (Å²) in [6.45, 7) is 0.442. The second kappa shape index (κ2) is 12.5. The average molecular weight is 475 g/mol. The molecule has 0 spiro atoms. The number of hydrogen-bond acceptors (Lipinski definition) is 5. The van der Waals surface area contributed by atoms with E-state index < -0.39 is 0 Å². The zero-order valence-electron chi connectivity index (χ0n) is 20.1. The summed E-state index contributed by atoms with van der Waals surface area (Å²) in [6, 6.07) is 18.2. The zero-order valence-corrected chi connectivity index (χ0v) is 20.1. The van der Waals surface area contributed by atoms with Crippen LogP contribution in [0.2, 0.25) is 0 Å². The van der Waals surface area contributed by atoms with Gasteiger partial charge in [0.05, 0.1) is 17.7 Å². The number of Topliss-reactive ketones (excluding diaryl/α,β-unsaturated/α-hetero) is 1. The lowest BCUT2D eigenvalue weighted by Crippen LogP contribution is -2.24. The van der Waals surface area contributed by atoms with Gasteiger partial charge in [-0.3, -0.25) is 4.79 Å². The number of carbonyl (C=O) groups excluding carboxylic acids is 3. The smallest absolute Gasteiger partial charge is 0.338 e. The molecule has 4 rings (SSSR count). The van der Waals surface area contributed by atoms with Gasteiger partial charge < -0.3 is 9.47 Å². The summed E-state index contributed by atoms with van der Waals surface area (Å²) in [6.07, 6.45) is 11.1. The van der Waals surface area contributed by atoms with Gasteiger partial charge >= 0.3 is 11.9 Å². The number of benzene rings is 2. The number of unbranched alkanes of at least 4 members (excludes halogenated alkanes) is 4. The van der Waals surface area contributed by atoms with Gasteiger partial charge in [-0.15, -0.1) is 0 Å². The standard InChI is InChI=1S/C30H34O5/c31-25-19-24-20-28(35-30(33)23-15-9-6-10-16-23)26(27(24)21-25)17-11-3-1-2-4-12-18-34-29(32)22-13-7-5-8-14-22/h5-11,13-17,24,26-28H,1-4,12,18-21H2/t24-,26+,27-,28+/m0/s1. The number of rotatable bonds is 11. The molecule has 2 aromatic carbocycles. The Labute approximate surface area is 207 Å². The number of carbonyl (C=O) groups is 3. The summed E-state index contributed by atoms with van der Waals surface area (Å²) in [4.78, 5) is 36.6. The summed E-state index contributed by atoms with van der Waals surface area (Å²) in [5, 5.41) is 0. The minimum atomic E-state index is -0.284. The Morgan fingerprint density at radius 1 is 0.829 bits per heavy atom. The normalized spacial score (nSPS) is 23.4. The molecular formula is C30H34O5. The Bertz CT molecular complexity index is 1010. The quantitative estimate of drug-likeness (QED) is 0.221. The molecule has 4 atom stereocenters. The molecule has 2 aromatic rings. The number of hydrogen-bond donors (Lipinski definition) is 0. The van der Waals surface area contributed by atoms with E-state index in [2.05, 4.69) is 12.2 Å². The van der Waals surface area contributed by atoms with Gasteiger partial charge in [0.25, 0.3) is 0 Å². The van der Waals surface area contributed by atoms with E-state index in [1.165, 1.54) is 0 Å². The van der Waals surface area contributed by atoms with E-state index in [1.54, 1.807) is 24.3 Å². The van der Waals surface area contributed by atoms with Gasteiger partial charge in [0.1, 0.15) is 11.9 Å². The maximum Gasteiger partial charge on any atom is 0.338 e. The Kier molecular flexibility index (Phi) is 8.88. The van der Waals surface area contributed by atoms with Gasteiger partial charge in [0.15, 0.2) is 0 Å². The highest BCUT2D eigenvalue weighted by molar-refractivity contribution is 5.90. The van der Waals surface area contributed by atoms with Gasteiger partial charge in [-0.2, -0.15) is 0 Å². The molecule has 0 aromatic heterocycles. The summed E-state index contributed by atoms with van der Waals surface area (Å²) >= 11 is 0. The third-order valence-electron chi connectivity index (χ3n) is 7.15. The minimum absolute atomic E-state index is 0.108. The summed E-state index contributed by atoms with van der Waals surface area (Å²) in [7, 11) is 0. The van der Waals surface area contributed by atoms with Crippen LogP contribution in [0.25, 0.3) is 0 Å². The molecule has 0 unspecified atom stereocenters. The Hall–Kier alpha value is -3.21. The Morgan fingerprint density at radius 3 is 2.20 bits per heavy atom. The topological polar surface area (TPSA) is 69.7 Å². The summed E-state index contributed by atoms with van der Waals surface area (Å²) in [5.41, 5.74) is 1.15.